The second kappa shape index (κ2) is 7.55. The van der Waals surface area contributed by atoms with E-state index in [1.165, 1.54) is 0 Å². The van der Waals surface area contributed by atoms with Gasteiger partial charge in [-0.15, -0.1) is 0 Å². The van der Waals surface area contributed by atoms with Crippen LogP contribution in [-0.4, -0.2) is 33.1 Å². The number of aryl methyl sites for hydroxylation is 1. The Morgan fingerprint density at radius 2 is 1.73 bits per heavy atom. The molecule has 4 rings (SSSR count). The summed E-state index contributed by atoms with van der Waals surface area (Å²) in [5.74, 6) is 1.11. The fraction of sp³-hybridized carbons (Fsp3) is 0.440. The van der Waals surface area contributed by atoms with Crippen LogP contribution in [0.25, 0.3) is 16.9 Å². The Labute approximate surface area is 179 Å². The van der Waals surface area contributed by atoms with Gasteiger partial charge in [0.15, 0.2) is 0 Å². The summed E-state index contributed by atoms with van der Waals surface area (Å²) in [6.07, 6.45) is 3.79. The van der Waals surface area contributed by atoms with E-state index in [9.17, 15) is 0 Å². The van der Waals surface area contributed by atoms with Gasteiger partial charge in [-0.25, -0.2) is 4.68 Å². The molecule has 5 heteroatoms. The molecular formula is C25H31N3O2. The average Bonchev–Trinajstić information content (AvgIpc) is 3.11. The van der Waals surface area contributed by atoms with E-state index in [0.717, 1.165) is 46.9 Å². The zero-order chi connectivity index (χ0) is 21.5. The Morgan fingerprint density at radius 1 is 1.03 bits per heavy atom. The molecule has 3 aromatic rings. The van der Waals surface area contributed by atoms with Crippen LogP contribution in [0.3, 0.4) is 0 Å². The van der Waals surface area contributed by atoms with Crippen LogP contribution in [-0.2, 0) is 4.74 Å². The largest absolute Gasteiger partial charge is 0.494 e. The van der Waals surface area contributed by atoms with Crippen molar-refractivity contribution in [1.82, 2.24) is 14.8 Å². The first-order valence-electron chi connectivity index (χ1n) is 10.5. The maximum atomic E-state index is 6.30. The molecule has 1 aliphatic heterocycles. The summed E-state index contributed by atoms with van der Waals surface area (Å²) in [5, 5.41) is 5.10. The van der Waals surface area contributed by atoms with Gasteiger partial charge in [-0.1, -0.05) is 12.1 Å². The lowest BCUT2D eigenvalue weighted by atomic mass is 9.79. The summed E-state index contributed by atoms with van der Waals surface area (Å²) in [4.78, 5) is 4.51. The van der Waals surface area contributed by atoms with Crippen molar-refractivity contribution in [1.29, 1.82) is 0 Å². The smallest absolute Gasteiger partial charge is 0.144 e. The van der Waals surface area contributed by atoms with Gasteiger partial charge in [0.2, 0.25) is 0 Å². The van der Waals surface area contributed by atoms with E-state index >= 15 is 0 Å². The molecule has 0 amide bonds. The lowest BCUT2D eigenvalue weighted by molar-refractivity contribution is -0.162. The van der Waals surface area contributed by atoms with Crippen LogP contribution in [0.1, 0.15) is 57.8 Å². The van der Waals surface area contributed by atoms with Gasteiger partial charge in [0, 0.05) is 23.4 Å². The van der Waals surface area contributed by atoms with Crippen molar-refractivity contribution in [3.8, 4) is 22.7 Å². The Bertz CT molecular complexity index is 1020. The van der Waals surface area contributed by atoms with Gasteiger partial charge in [0.1, 0.15) is 11.4 Å². The number of ether oxygens (including phenoxy) is 2. The number of hydrogen-bond donors (Lipinski definition) is 0. The Morgan fingerprint density at radius 3 is 2.37 bits per heavy atom. The molecule has 1 fully saturated rings. The molecule has 0 unspecified atom stereocenters. The Kier molecular flexibility index (Phi) is 5.18. The van der Waals surface area contributed by atoms with E-state index in [1.54, 1.807) is 7.11 Å². The Hall–Kier alpha value is -2.66. The first kappa shape index (κ1) is 20.6. The van der Waals surface area contributed by atoms with Gasteiger partial charge >= 0.3 is 0 Å². The highest BCUT2D eigenvalue weighted by atomic mass is 16.5. The molecular weight excluding hydrogens is 374 g/mol. The first-order valence-corrected chi connectivity index (χ1v) is 10.5. The number of hydrogen-bond acceptors (Lipinski definition) is 4. The first-order chi connectivity index (χ1) is 14.2. The van der Waals surface area contributed by atoms with E-state index in [2.05, 4.69) is 44.8 Å². The molecule has 0 saturated carbocycles. The highest BCUT2D eigenvalue weighted by Crippen LogP contribution is 2.44. The van der Waals surface area contributed by atoms with Crippen LogP contribution in [0.4, 0.5) is 0 Å². The molecule has 0 radical (unpaired) electrons. The molecule has 0 aliphatic carbocycles. The van der Waals surface area contributed by atoms with E-state index in [1.807, 2.05) is 48.1 Å². The van der Waals surface area contributed by atoms with Crippen LogP contribution < -0.4 is 4.74 Å². The third kappa shape index (κ3) is 4.12. The predicted octanol–water partition coefficient (Wildman–Crippen LogP) is 5.70. The summed E-state index contributed by atoms with van der Waals surface area (Å²) in [6, 6.07) is 14.3. The van der Waals surface area contributed by atoms with Gasteiger partial charge in [-0.2, -0.15) is 5.10 Å². The topological polar surface area (TPSA) is 49.2 Å². The van der Waals surface area contributed by atoms with Crippen LogP contribution in [0.5, 0.6) is 5.75 Å². The SMILES string of the molecule is COc1ccccc1-n1nc(C2CC(C)(C)OC(C)(C)C2)cc1-c1ccc(C)nc1. The lowest BCUT2D eigenvalue weighted by Crippen LogP contribution is -2.44. The van der Waals surface area contributed by atoms with Crippen molar-refractivity contribution in [3.05, 3.63) is 60.0 Å². The molecule has 0 bridgehead atoms. The molecule has 158 valence electrons. The monoisotopic (exact) mass is 405 g/mol. The molecule has 0 atom stereocenters. The zero-order valence-electron chi connectivity index (χ0n) is 18.8. The van der Waals surface area contributed by atoms with Crippen molar-refractivity contribution in [3.63, 3.8) is 0 Å². The molecule has 0 spiro atoms. The Balaban J connectivity index is 1.85. The van der Waals surface area contributed by atoms with Crippen molar-refractivity contribution in [2.75, 3.05) is 7.11 Å². The summed E-state index contributed by atoms with van der Waals surface area (Å²) in [7, 11) is 1.69. The predicted molar refractivity (Wildman–Crippen MR) is 119 cm³/mol. The summed E-state index contributed by atoms with van der Waals surface area (Å²) in [6.45, 7) is 10.7. The summed E-state index contributed by atoms with van der Waals surface area (Å²) >= 11 is 0. The number of aromatic nitrogens is 3. The molecule has 2 aromatic heterocycles. The van der Waals surface area contributed by atoms with E-state index < -0.39 is 0 Å². The zero-order valence-corrected chi connectivity index (χ0v) is 18.8. The quantitative estimate of drug-likeness (QED) is 0.558. The average molecular weight is 406 g/mol. The second-order valence-electron chi connectivity index (χ2n) is 9.45. The van der Waals surface area contributed by atoms with Gasteiger partial charge < -0.3 is 9.47 Å². The van der Waals surface area contributed by atoms with E-state index in [4.69, 9.17) is 14.6 Å². The molecule has 0 N–H and O–H groups in total. The van der Waals surface area contributed by atoms with Crippen molar-refractivity contribution < 1.29 is 9.47 Å². The molecule has 3 heterocycles. The number of methoxy groups -OCH3 is 1. The van der Waals surface area contributed by atoms with Gasteiger partial charge in [-0.3, -0.25) is 4.98 Å². The van der Waals surface area contributed by atoms with Crippen molar-refractivity contribution >= 4 is 0 Å². The summed E-state index contributed by atoms with van der Waals surface area (Å²) in [5.41, 5.74) is 4.68. The molecule has 5 nitrogen and oxygen atoms in total. The fourth-order valence-electron chi connectivity index (χ4n) is 4.71. The second-order valence-corrected chi connectivity index (χ2v) is 9.45. The molecule has 1 aromatic carbocycles. The normalized spacial score (nSPS) is 18.3. The maximum absolute atomic E-state index is 6.30. The minimum absolute atomic E-state index is 0.188. The van der Waals surface area contributed by atoms with Crippen molar-refractivity contribution in [2.45, 2.75) is 64.6 Å². The van der Waals surface area contributed by atoms with Crippen LogP contribution >= 0.6 is 0 Å². The highest BCUT2D eigenvalue weighted by molar-refractivity contribution is 5.64. The molecule has 1 aliphatic rings. The van der Waals surface area contributed by atoms with Crippen LogP contribution in [0.2, 0.25) is 0 Å². The number of nitrogens with zero attached hydrogens (tertiary/aromatic N) is 3. The number of pyridine rings is 1. The maximum Gasteiger partial charge on any atom is 0.144 e. The third-order valence-electron chi connectivity index (χ3n) is 5.70. The standard InChI is InChI=1S/C25H31N3O2/c1-17-11-12-18(16-26-17)22-13-20(19-14-24(2,3)30-25(4,5)15-19)27-28(22)21-9-7-8-10-23(21)29-6/h7-13,16,19H,14-15H2,1-6H3. The van der Waals surface area contributed by atoms with E-state index in [0.29, 0.717) is 5.92 Å². The van der Waals surface area contributed by atoms with Gasteiger partial charge in [0.25, 0.3) is 0 Å². The van der Waals surface area contributed by atoms with E-state index in [-0.39, 0.29) is 11.2 Å². The summed E-state index contributed by atoms with van der Waals surface area (Å²) < 4.78 is 13.9. The minimum atomic E-state index is -0.188. The number of benzene rings is 1. The van der Waals surface area contributed by atoms with Crippen LogP contribution in [0.15, 0.2) is 48.7 Å². The van der Waals surface area contributed by atoms with Crippen LogP contribution in [0, 0.1) is 6.92 Å². The van der Waals surface area contributed by atoms with Gasteiger partial charge in [0.05, 0.1) is 29.7 Å². The van der Waals surface area contributed by atoms with Crippen molar-refractivity contribution in [2.24, 2.45) is 0 Å². The molecule has 1 saturated heterocycles. The third-order valence-corrected chi connectivity index (χ3v) is 5.70. The molecule has 30 heavy (non-hydrogen) atoms. The number of para-hydroxylation sites is 2. The fourth-order valence-corrected chi connectivity index (χ4v) is 4.71. The minimum Gasteiger partial charge on any atom is -0.494 e. The highest BCUT2D eigenvalue weighted by Gasteiger charge is 2.41. The lowest BCUT2D eigenvalue weighted by Gasteiger charge is -2.45. The number of rotatable bonds is 4. The van der Waals surface area contributed by atoms with Gasteiger partial charge in [-0.05, 0) is 77.8 Å².